The number of nitrogens with zero attached hydrogens (tertiary/aromatic N) is 2. The van der Waals surface area contributed by atoms with Crippen LogP contribution in [0.3, 0.4) is 0 Å². The van der Waals surface area contributed by atoms with E-state index >= 15 is 0 Å². The van der Waals surface area contributed by atoms with Crippen molar-refractivity contribution < 1.29 is 10.2 Å². The summed E-state index contributed by atoms with van der Waals surface area (Å²) in [6, 6.07) is 6.94. The summed E-state index contributed by atoms with van der Waals surface area (Å²) in [5, 5.41) is 27.3. The Balaban J connectivity index is 2.11. The van der Waals surface area contributed by atoms with Gasteiger partial charge in [0.2, 0.25) is 0 Å². The molecule has 1 aromatic carbocycles. The van der Waals surface area contributed by atoms with Gasteiger partial charge in [-0.3, -0.25) is 0 Å². The van der Waals surface area contributed by atoms with Gasteiger partial charge in [0.05, 0.1) is 16.9 Å². The largest absolute Gasteiger partial charge is 0.508 e. The van der Waals surface area contributed by atoms with E-state index in [1.807, 2.05) is 17.9 Å². The second-order valence-corrected chi connectivity index (χ2v) is 6.53. The van der Waals surface area contributed by atoms with Gasteiger partial charge in [0.15, 0.2) is 0 Å². The van der Waals surface area contributed by atoms with Gasteiger partial charge in [0.1, 0.15) is 11.6 Å². The van der Waals surface area contributed by atoms with E-state index in [0.717, 1.165) is 17.5 Å². The Morgan fingerprint density at radius 3 is 2.67 bits per heavy atom. The number of aliphatic hydroxyl groups is 1. The number of anilines is 2. The number of rotatable bonds is 4. The number of nitrogens with two attached hydrogens (primary N) is 1. The van der Waals surface area contributed by atoms with Crippen molar-refractivity contribution in [1.82, 2.24) is 4.98 Å². The molecular weight excluding hydrogens is 304 g/mol. The monoisotopic (exact) mass is 326 g/mol. The topological polar surface area (TPSA) is 106 Å². The van der Waals surface area contributed by atoms with Crippen molar-refractivity contribution in [3.8, 4) is 17.0 Å². The molecule has 1 fully saturated rings. The Bertz CT molecular complexity index is 794. The van der Waals surface area contributed by atoms with Crippen LogP contribution in [0.5, 0.6) is 5.75 Å². The molecule has 6 nitrogen and oxygen atoms in total. The smallest absolute Gasteiger partial charge is 0.140 e. The van der Waals surface area contributed by atoms with E-state index < -0.39 is 5.60 Å². The molecule has 0 aliphatic carbocycles. The maximum absolute atomic E-state index is 9.99. The van der Waals surface area contributed by atoms with Gasteiger partial charge in [-0.05, 0) is 43.2 Å². The number of nitrogen functional groups attached to an aromatic ring is 1. The van der Waals surface area contributed by atoms with Crippen LogP contribution in [-0.2, 0) is 6.42 Å². The van der Waals surface area contributed by atoms with Gasteiger partial charge in [0, 0.05) is 30.6 Å². The van der Waals surface area contributed by atoms with Crippen LogP contribution >= 0.6 is 0 Å². The van der Waals surface area contributed by atoms with Gasteiger partial charge < -0.3 is 26.3 Å². The normalized spacial score (nSPS) is 15.9. The van der Waals surface area contributed by atoms with E-state index in [-0.39, 0.29) is 5.75 Å². The van der Waals surface area contributed by atoms with Crippen molar-refractivity contribution >= 4 is 17.7 Å². The van der Waals surface area contributed by atoms with Gasteiger partial charge in [-0.25, -0.2) is 4.98 Å². The Kier molecular flexibility index (Phi) is 3.93. The van der Waals surface area contributed by atoms with Crippen molar-refractivity contribution in [1.29, 1.82) is 5.41 Å². The number of aromatic hydroxyl groups is 1. The predicted molar refractivity (Wildman–Crippen MR) is 95.9 cm³/mol. The molecule has 2 heterocycles. The summed E-state index contributed by atoms with van der Waals surface area (Å²) in [6.45, 7) is 4.71. The van der Waals surface area contributed by atoms with Crippen LogP contribution in [-0.4, -0.2) is 40.1 Å². The van der Waals surface area contributed by atoms with Gasteiger partial charge in [-0.15, -0.1) is 0 Å². The molecule has 0 radical (unpaired) electrons. The average Bonchev–Trinajstić information content (AvgIpc) is 2.51. The van der Waals surface area contributed by atoms with Crippen LogP contribution < -0.4 is 10.6 Å². The third-order valence-electron chi connectivity index (χ3n) is 4.32. The summed E-state index contributed by atoms with van der Waals surface area (Å²) >= 11 is 0. The highest BCUT2D eigenvalue weighted by atomic mass is 16.3. The molecule has 0 amide bonds. The fourth-order valence-electron chi connectivity index (χ4n) is 3.14. The molecule has 126 valence electrons. The summed E-state index contributed by atoms with van der Waals surface area (Å²) in [5.74, 6) is 0.834. The fraction of sp³-hybridized carbons (Fsp3) is 0.333. The van der Waals surface area contributed by atoms with E-state index in [1.54, 1.807) is 25.1 Å². The second-order valence-electron chi connectivity index (χ2n) is 6.53. The molecule has 1 aliphatic rings. The molecule has 2 aromatic rings. The maximum Gasteiger partial charge on any atom is 0.140 e. The Morgan fingerprint density at radius 1 is 1.38 bits per heavy atom. The number of benzene rings is 1. The summed E-state index contributed by atoms with van der Waals surface area (Å²) in [4.78, 5) is 6.63. The number of aryl methyl sites for hydroxylation is 1. The molecule has 0 saturated carbocycles. The molecule has 0 bridgehead atoms. The van der Waals surface area contributed by atoms with Crippen molar-refractivity contribution in [2.45, 2.75) is 25.9 Å². The number of hydrogen-bond donors (Lipinski definition) is 4. The maximum atomic E-state index is 9.99. The van der Waals surface area contributed by atoms with E-state index in [9.17, 15) is 10.2 Å². The molecule has 24 heavy (non-hydrogen) atoms. The van der Waals surface area contributed by atoms with Gasteiger partial charge in [-0.2, -0.15) is 0 Å². The van der Waals surface area contributed by atoms with Crippen molar-refractivity contribution in [2.75, 3.05) is 23.7 Å². The second kappa shape index (κ2) is 5.79. The number of phenolic OH excluding ortho intramolecular Hbond substituents is 1. The first-order valence-electron chi connectivity index (χ1n) is 7.95. The highest BCUT2D eigenvalue weighted by molar-refractivity contribution is 5.93. The summed E-state index contributed by atoms with van der Waals surface area (Å²) in [5.41, 5.74) is 9.04. The third kappa shape index (κ3) is 2.80. The van der Waals surface area contributed by atoms with Crippen LogP contribution in [0.15, 0.2) is 24.3 Å². The van der Waals surface area contributed by atoms with Crippen LogP contribution in [0, 0.1) is 5.41 Å². The lowest BCUT2D eigenvalue weighted by Gasteiger charge is -2.45. The molecule has 0 spiro atoms. The van der Waals surface area contributed by atoms with Crippen LogP contribution in [0.2, 0.25) is 0 Å². The number of phenols is 1. The zero-order valence-corrected chi connectivity index (χ0v) is 13.9. The first-order chi connectivity index (χ1) is 11.3. The lowest BCUT2D eigenvalue weighted by Crippen LogP contribution is -2.60. The molecule has 1 aromatic heterocycles. The quantitative estimate of drug-likeness (QED) is 0.644. The van der Waals surface area contributed by atoms with E-state index in [1.165, 1.54) is 6.21 Å². The lowest BCUT2D eigenvalue weighted by atomic mass is 9.95. The Labute approximate surface area is 141 Å². The lowest BCUT2D eigenvalue weighted by molar-refractivity contribution is 0.0305. The molecule has 1 aliphatic heterocycles. The summed E-state index contributed by atoms with van der Waals surface area (Å²) < 4.78 is 0. The molecule has 0 unspecified atom stereocenters. The number of pyridine rings is 1. The summed E-state index contributed by atoms with van der Waals surface area (Å²) in [6.07, 6.45) is 1.96. The highest BCUT2D eigenvalue weighted by Crippen LogP contribution is 2.35. The third-order valence-corrected chi connectivity index (χ3v) is 4.32. The van der Waals surface area contributed by atoms with E-state index in [2.05, 4.69) is 0 Å². The SMILES string of the molecule is CCc1cc(O)ccc1-c1cc(N)c(C=N)c(N2CC(C)(O)C2)n1. The summed E-state index contributed by atoms with van der Waals surface area (Å²) in [7, 11) is 0. The molecule has 0 atom stereocenters. The fourth-order valence-corrected chi connectivity index (χ4v) is 3.14. The number of aromatic nitrogens is 1. The number of hydrogen-bond acceptors (Lipinski definition) is 6. The van der Waals surface area contributed by atoms with Crippen LogP contribution in [0.1, 0.15) is 25.0 Å². The van der Waals surface area contributed by atoms with Crippen molar-refractivity contribution in [3.05, 3.63) is 35.4 Å². The minimum absolute atomic E-state index is 0.221. The Hall–Kier alpha value is -2.60. The first kappa shape index (κ1) is 16.3. The first-order valence-corrected chi connectivity index (χ1v) is 7.95. The average molecular weight is 326 g/mol. The molecule has 3 rings (SSSR count). The zero-order chi connectivity index (χ0) is 17.5. The molecular formula is C18H22N4O2. The van der Waals surface area contributed by atoms with E-state index in [4.69, 9.17) is 16.1 Å². The molecule has 5 N–H and O–H groups in total. The zero-order valence-electron chi connectivity index (χ0n) is 13.9. The van der Waals surface area contributed by atoms with E-state index in [0.29, 0.717) is 35.9 Å². The standard InChI is InChI=1S/C18H22N4O2/c1-3-11-6-12(23)4-5-13(11)16-7-15(20)14(8-19)17(21-16)22-9-18(2,24)10-22/h4-8,19,23-24H,3,9-10H2,1-2H3,(H2,20,21). The number of nitrogens with one attached hydrogen (secondary N) is 1. The predicted octanol–water partition coefficient (Wildman–Crippen LogP) is 2.17. The molecule has 6 heteroatoms. The minimum atomic E-state index is -0.737. The number of β-amino-alcohol motifs (C(OH)–C–C–N with tert-alkyl or cyclic N) is 1. The minimum Gasteiger partial charge on any atom is -0.508 e. The molecule has 1 saturated heterocycles. The van der Waals surface area contributed by atoms with Gasteiger partial charge in [0.25, 0.3) is 0 Å². The van der Waals surface area contributed by atoms with Gasteiger partial charge >= 0.3 is 0 Å². The van der Waals surface area contributed by atoms with Gasteiger partial charge in [-0.1, -0.05) is 6.92 Å². The van der Waals surface area contributed by atoms with Crippen molar-refractivity contribution in [2.24, 2.45) is 0 Å². The highest BCUT2D eigenvalue weighted by Gasteiger charge is 2.38. The van der Waals surface area contributed by atoms with Crippen LogP contribution in [0.25, 0.3) is 11.3 Å². The Morgan fingerprint density at radius 2 is 2.08 bits per heavy atom. The van der Waals surface area contributed by atoms with Crippen molar-refractivity contribution in [3.63, 3.8) is 0 Å². The van der Waals surface area contributed by atoms with Crippen LogP contribution in [0.4, 0.5) is 11.5 Å².